The molecule has 0 spiro atoms. The molecule has 0 unspecified atom stereocenters. The number of benzene rings is 1. The van der Waals surface area contributed by atoms with Crippen molar-refractivity contribution in [2.45, 2.75) is 18.2 Å². The highest BCUT2D eigenvalue weighted by Crippen LogP contribution is 2.16. The van der Waals surface area contributed by atoms with Gasteiger partial charge in [0.25, 0.3) is 0 Å². The maximum atomic E-state index is 12.4. The molecule has 0 aliphatic heterocycles. The van der Waals surface area contributed by atoms with Crippen LogP contribution in [0.2, 0.25) is 0 Å². The third kappa shape index (κ3) is 3.93. The van der Waals surface area contributed by atoms with Crippen LogP contribution >= 0.6 is 15.9 Å². The maximum Gasteiger partial charge on any atom is 0.243 e. The fourth-order valence-corrected chi connectivity index (χ4v) is 3.25. The Morgan fingerprint density at radius 3 is 2.44 bits per heavy atom. The van der Waals surface area contributed by atoms with Crippen LogP contribution in [0.4, 0.5) is 0 Å². The molecule has 0 radical (unpaired) electrons. The smallest absolute Gasteiger partial charge is 0.207 e. The summed E-state index contributed by atoms with van der Waals surface area (Å²) in [6.45, 7) is 6.38. The Morgan fingerprint density at radius 2 is 1.94 bits per heavy atom. The number of rotatable bonds is 7. The summed E-state index contributed by atoms with van der Waals surface area (Å²) in [7, 11) is -3.41. The summed E-state index contributed by atoms with van der Waals surface area (Å²) in [5.41, 5.74) is 1.05. The van der Waals surface area contributed by atoms with E-state index in [-0.39, 0.29) is 0 Å². The van der Waals surface area contributed by atoms with Crippen molar-refractivity contribution in [1.82, 2.24) is 4.31 Å². The van der Waals surface area contributed by atoms with E-state index in [1.165, 1.54) is 4.31 Å². The molecule has 0 aliphatic rings. The Morgan fingerprint density at radius 1 is 1.33 bits per heavy atom. The normalized spacial score (nSPS) is 11.7. The van der Waals surface area contributed by atoms with Crippen LogP contribution < -0.4 is 0 Å². The van der Waals surface area contributed by atoms with Crippen LogP contribution in [0.1, 0.15) is 12.0 Å². The number of sulfonamides is 1. The van der Waals surface area contributed by atoms with E-state index in [1.807, 2.05) is 19.1 Å². The van der Waals surface area contributed by atoms with E-state index in [1.54, 1.807) is 18.2 Å². The van der Waals surface area contributed by atoms with Crippen LogP contribution in [0.3, 0.4) is 0 Å². The Kier molecular flexibility index (Phi) is 6.05. The van der Waals surface area contributed by atoms with Crippen molar-refractivity contribution < 1.29 is 8.42 Å². The first-order chi connectivity index (χ1) is 8.52. The molecule has 0 N–H and O–H groups in total. The van der Waals surface area contributed by atoms with Crippen molar-refractivity contribution >= 4 is 26.0 Å². The van der Waals surface area contributed by atoms with Gasteiger partial charge in [-0.2, -0.15) is 4.31 Å². The molecule has 5 heteroatoms. The molecule has 0 bridgehead atoms. The molecule has 1 rings (SSSR count). The van der Waals surface area contributed by atoms with E-state index in [0.29, 0.717) is 18.0 Å². The molecule has 0 fully saturated rings. The third-order valence-corrected chi connectivity index (χ3v) is 4.97. The molecule has 0 aliphatic carbocycles. The topological polar surface area (TPSA) is 37.4 Å². The lowest BCUT2D eigenvalue weighted by molar-refractivity contribution is 0.443. The van der Waals surface area contributed by atoms with Crippen LogP contribution in [0.25, 0.3) is 0 Å². The summed E-state index contributed by atoms with van der Waals surface area (Å²) in [5.74, 6) is 0. The summed E-state index contributed by atoms with van der Waals surface area (Å²) in [6.07, 6.45) is 2.39. The van der Waals surface area contributed by atoms with Gasteiger partial charge in [0.2, 0.25) is 10.0 Å². The Labute approximate surface area is 118 Å². The lowest BCUT2D eigenvalue weighted by Gasteiger charge is -2.20. The largest absolute Gasteiger partial charge is 0.243 e. The highest BCUT2D eigenvalue weighted by atomic mass is 79.9. The van der Waals surface area contributed by atoms with Gasteiger partial charge in [0.1, 0.15) is 0 Å². The molecule has 0 saturated heterocycles. The van der Waals surface area contributed by atoms with Crippen molar-refractivity contribution in [1.29, 1.82) is 0 Å². The van der Waals surface area contributed by atoms with Gasteiger partial charge in [0.05, 0.1) is 4.90 Å². The van der Waals surface area contributed by atoms with Crippen molar-refractivity contribution in [3.8, 4) is 0 Å². The molecule has 0 amide bonds. The second kappa shape index (κ2) is 7.07. The zero-order valence-corrected chi connectivity index (χ0v) is 12.9. The van der Waals surface area contributed by atoms with Gasteiger partial charge in [-0.25, -0.2) is 8.42 Å². The van der Waals surface area contributed by atoms with Gasteiger partial charge in [0, 0.05) is 18.4 Å². The molecule has 100 valence electrons. The van der Waals surface area contributed by atoms with E-state index >= 15 is 0 Å². The Balaban J connectivity index is 3.00. The molecular weight excluding hydrogens is 314 g/mol. The van der Waals surface area contributed by atoms with Crippen molar-refractivity contribution in [2.75, 3.05) is 18.4 Å². The zero-order chi connectivity index (χ0) is 13.6. The summed E-state index contributed by atoms with van der Waals surface area (Å²) in [6, 6.07) is 6.91. The molecule has 1 aromatic rings. The minimum Gasteiger partial charge on any atom is -0.207 e. The first kappa shape index (κ1) is 15.4. The van der Waals surface area contributed by atoms with Gasteiger partial charge in [-0.1, -0.05) is 39.7 Å². The highest BCUT2D eigenvalue weighted by Gasteiger charge is 2.22. The van der Waals surface area contributed by atoms with E-state index in [0.717, 1.165) is 17.3 Å². The van der Waals surface area contributed by atoms with Gasteiger partial charge in [0.15, 0.2) is 0 Å². The lowest BCUT2D eigenvalue weighted by atomic mass is 10.2. The highest BCUT2D eigenvalue weighted by molar-refractivity contribution is 9.09. The molecule has 0 atom stereocenters. The monoisotopic (exact) mass is 331 g/mol. The quantitative estimate of drug-likeness (QED) is 0.569. The number of halogens is 1. The van der Waals surface area contributed by atoms with Gasteiger partial charge in [-0.3, -0.25) is 0 Å². The number of hydrogen-bond donors (Lipinski definition) is 0. The van der Waals surface area contributed by atoms with E-state index in [4.69, 9.17) is 0 Å². The number of nitrogens with zero attached hydrogens (tertiary/aromatic N) is 1. The molecule has 0 aromatic heterocycles. The summed E-state index contributed by atoms with van der Waals surface area (Å²) in [4.78, 5) is 0.338. The fourth-order valence-electron chi connectivity index (χ4n) is 1.55. The molecule has 1 aromatic carbocycles. The van der Waals surface area contributed by atoms with Crippen LogP contribution in [0.15, 0.2) is 41.8 Å². The first-order valence-corrected chi connectivity index (χ1v) is 8.32. The molecule has 18 heavy (non-hydrogen) atoms. The van der Waals surface area contributed by atoms with Crippen LogP contribution in [-0.4, -0.2) is 31.1 Å². The fraction of sp³-hybridized carbons (Fsp3) is 0.385. The lowest BCUT2D eigenvalue weighted by Crippen LogP contribution is -2.32. The maximum absolute atomic E-state index is 12.4. The predicted molar refractivity (Wildman–Crippen MR) is 78.5 cm³/mol. The summed E-state index contributed by atoms with van der Waals surface area (Å²) in [5, 5.41) is 0.782. The minimum atomic E-state index is -3.41. The molecule has 0 saturated carbocycles. The van der Waals surface area contributed by atoms with E-state index in [9.17, 15) is 8.42 Å². The van der Waals surface area contributed by atoms with Crippen molar-refractivity contribution in [2.24, 2.45) is 0 Å². The number of hydrogen-bond acceptors (Lipinski definition) is 2. The Bertz CT molecular complexity index is 482. The SMILES string of the molecule is C=CCN(CCCBr)S(=O)(=O)c1ccc(C)cc1. The first-order valence-electron chi connectivity index (χ1n) is 5.76. The molecular formula is C13H18BrNO2S. The van der Waals surface area contributed by atoms with E-state index < -0.39 is 10.0 Å². The van der Waals surface area contributed by atoms with Crippen LogP contribution in [-0.2, 0) is 10.0 Å². The third-order valence-electron chi connectivity index (χ3n) is 2.53. The van der Waals surface area contributed by atoms with Gasteiger partial charge < -0.3 is 0 Å². The van der Waals surface area contributed by atoms with Crippen LogP contribution in [0.5, 0.6) is 0 Å². The number of alkyl halides is 1. The summed E-state index contributed by atoms with van der Waals surface area (Å²) >= 11 is 3.31. The average molecular weight is 332 g/mol. The molecule has 3 nitrogen and oxygen atoms in total. The van der Waals surface area contributed by atoms with Gasteiger partial charge in [-0.05, 0) is 25.5 Å². The average Bonchev–Trinajstić information content (AvgIpc) is 2.35. The Hall–Kier alpha value is -0.650. The second-order valence-electron chi connectivity index (χ2n) is 4.01. The van der Waals surface area contributed by atoms with Crippen molar-refractivity contribution in [3.05, 3.63) is 42.5 Å². The van der Waals surface area contributed by atoms with Gasteiger partial charge >= 0.3 is 0 Å². The second-order valence-corrected chi connectivity index (χ2v) is 6.74. The summed E-state index contributed by atoms with van der Waals surface area (Å²) < 4.78 is 26.3. The zero-order valence-electron chi connectivity index (χ0n) is 10.5. The predicted octanol–water partition coefficient (Wildman–Crippen LogP) is 2.96. The minimum absolute atomic E-state index is 0.337. The number of aryl methyl sites for hydroxylation is 1. The van der Waals surface area contributed by atoms with Crippen molar-refractivity contribution in [3.63, 3.8) is 0 Å². The van der Waals surface area contributed by atoms with Crippen LogP contribution in [0, 0.1) is 6.92 Å². The molecule has 0 heterocycles. The standard InChI is InChI=1S/C13H18BrNO2S/c1-3-10-15(11-4-9-14)18(16,17)13-7-5-12(2)6-8-13/h3,5-8H,1,4,9-11H2,2H3. The van der Waals surface area contributed by atoms with E-state index in [2.05, 4.69) is 22.5 Å². The van der Waals surface area contributed by atoms with Gasteiger partial charge in [-0.15, -0.1) is 6.58 Å².